The highest BCUT2D eigenvalue weighted by Gasteiger charge is 2.30. The van der Waals surface area contributed by atoms with Crippen LogP contribution in [0.25, 0.3) is 0 Å². The quantitative estimate of drug-likeness (QED) is 0.317. The zero-order chi connectivity index (χ0) is 16.4. The minimum absolute atomic E-state index is 0.124. The molecule has 0 saturated carbocycles. The van der Waals surface area contributed by atoms with E-state index in [1.165, 1.54) is 10.4 Å². The van der Waals surface area contributed by atoms with Gasteiger partial charge in [-0.05, 0) is 54.4 Å². The fourth-order valence-electron chi connectivity index (χ4n) is 1.69. The van der Waals surface area contributed by atoms with Crippen molar-refractivity contribution in [3.05, 3.63) is 26.6 Å². The average molecular weight is 443 g/mol. The van der Waals surface area contributed by atoms with E-state index in [2.05, 4.69) is 37.0 Å². The van der Waals surface area contributed by atoms with Gasteiger partial charge in [0.25, 0.3) is 0 Å². The summed E-state index contributed by atoms with van der Waals surface area (Å²) in [6.45, 7) is 5.12. The Bertz CT molecular complexity index is 660. The summed E-state index contributed by atoms with van der Waals surface area (Å²) >= 11 is 6.61. The van der Waals surface area contributed by atoms with Gasteiger partial charge in [-0.15, -0.1) is 0 Å². The van der Waals surface area contributed by atoms with Gasteiger partial charge in [0.05, 0.1) is 11.4 Å². The van der Waals surface area contributed by atoms with E-state index in [1.54, 1.807) is 19.9 Å². The fourth-order valence-corrected chi connectivity index (χ4v) is 4.94. The highest BCUT2D eigenvalue weighted by Crippen LogP contribution is 2.31. The molecule has 1 rings (SSSR count). The van der Waals surface area contributed by atoms with Crippen LogP contribution in [0.4, 0.5) is 0 Å². The summed E-state index contributed by atoms with van der Waals surface area (Å²) < 4.78 is 27.9. The average Bonchev–Trinajstić information content (AvgIpc) is 2.38. The molecule has 0 spiro atoms. The van der Waals surface area contributed by atoms with Crippen LogP contribution in [0, 0.1) is 6.92 Å². The summed E-state index contributed by atoms with van der Waals surface area (Å²) in [7, 11) is -3.79. The Kier molecular flexibility index (Phi) is 6.21. The van der Waals surface area contributed by atoms with Crippen LogP contribution < -0.4 is 5.73 Å². The monoisotopic (exact) mass is 441 g/mol. The first-order valence-electron chi connectivity index (χ1n) is 6.05. The molecule has 3 N–H and O–H groups in total. The molecule has 9 heteroatoms. The summed E-state index contributed by atoms with van der Waals surface area (Å²) in [5.74, 6) is -0.172. The second-order valence-corrected chi connectivity index (χ2v) is 8.33. The van der Waals surface area contributed by atoms with Crippen molar-refractivity contribution in [1.29, 1.82) is 0 Å². The van der Waals surface area contributed by atoms with Crippen LogP contribution in [0.3, 0.4) is 0 Å². The van der Waals surface area contributed by atoms with Gasteiger partial charge in [0.1, 0.15) is 0 Å². The topological polar surface area (TPSA) is 96.0 Å². The molecule has 21 heavy (non-hydrogen) atoms. The number of sulfonamides is 1. The molecular formula is C12H17Br2N3O3S. The van der Waals surface area contributed by atoms with Gasteiger partial charge in [0.2, 0.25) is 10.0 Å². The van der Waals surface area contributed by atoms with Crippen molar-refractivity contribution >= 4 is 47.7 Å². The van der Waals surface area contributed by atoms with E-state index in [1.807, 2.05) is 6.92 Å². The Morgan fingerprint density at radius 2 is 1.95 bits per heavy atom. The molecule has 118 valence electrons. The van der Waals surface area contributed by atoms with Gasteiger partial charge in [-0.2, -0.15) is 4.31 Å². The minimum Gasteiger partial charge on any atom is -0.409 e. The Morgan fingerprint density at radius 1 is 1.38 bits per heavy atom. The molecule has 0 aliphatic heterocycles. The van der Waals surface area contributed by atoms with Gasteiger partial charge < -0.3 is 10.9 Å². The lowest BCUT2D eigenvalue weighted by atomic mass is 10.2. The second-order valence-electron chi connectivity index (χ2n) is 4.77. The number of hydrogen-bond donors (Lipinski definition) is 2. The molecule has 0 aliphatic carbocycles. The lowest BCUT2D eigenvalue weighted by molar-refractivity contribution is 0.312. The first-order valence-corrected chi connectivity index (χ1v) is 9.07. The van der Waals surface area contributed by atoms with E-state index >= 15 is 0 Å². The molecule has 6 nitrogen and oxygen atoms in total. The van der Waals surface area contributed by atoms with E-state index in [0.717, 1.165) is 5.56 Å². The Balaban J connectivity index is 3.40. The van der Waals surface area contributed by atoms with Gasteiger partial charge in [-0.1, -0.05) is 21.1 Å². The molecule has 0 heterocycles. The molecule has 0 aliphatic rings. The Morgan fingerprint density at radius 3 is 2.43 bits per heavy atom. The lowest BCUT2D eigenvalue weighted by Gasteiger charge is -2.26. The van der Waals surface area contributed by atoms with Crippen LogP contribution >= 0.6 is 31.9 Å². The third-order valence-corrected chi connectivity index (χ3v) is 6.66. The zero-order valence-corrected chi connectivity index (χ0v) is 15.8. The standard InChI is InChI=1S/C12H17Br2N3O3S/c1-7(2)17(6-12(15)16-18)21(19,20)11-5-9(13)8(3)4-10(11)14/h4-5,7,18H,6H2,1-3H3,(H2,15,16). The predicted octanol–water partition coefficient (Wildman–Crippen LogP) is 2.67. The number of halogens is 2. The first-order chi connectivity index (χ1) is 9.61. The zero-order valence-electron chi connectivity index (χ0n) is 11.8. The summed E-state index contributed by atoms with van der Waals surface area (Å²) in [5, 5.41) is 11.5. The van der Waals surface area contributed by atoms with Gasteiger partial charge in [-0.3, -0.25) is 0 Å². The number of aryl methyl sites for hydroxylation is 1. The van der Waals surface area contributed by atoms with Crippen molar-refractivity contribution in [1.82, 2.24) is 4.31 Å². The van der Waals surface area contributed by atoms with Gasteiger partial charge in [0.15, 0.2) is 5.84 Å². The highest BCUT2D eigenvalue weighted by molar-refractivity contribution is 9.11. The summed E-state index contributed by atoms with van der Waals surface area (Å²) in [5.41, 5.74) is 6.36. The number of oxime groups is 1. The molecule has 0 saturated heterocycles. The number of nitrogens with two attached hydrogens (primary N) is 1. The lowest BCUT2D eigenvalue weighted by Crippen LogP contribution is -2.42. The Hall–Kier alpha value is -0.640. The molecule has 0 bridgehead atoms. The summed E-state index contributed by atoms with van der Waals surface area (Å²) in [6, 6.07) is 2.91. The molecule has 1 aromatic rings. The smallest absolute Gasteiger partial charge is 0.244 e. The van der Waals surface area contributed by atoms with E-state index < -0.39 is 10.0 Å². The maximum Gasteiger partial charge on any atom is 0.244 e. The molecule has 0 radical (unpaired) electrons. The molecule has 0 amide bonds. The van der Waals surface area contributed by atoms with Crippen LogP contribution in [0.1, 0.15) is 19.4 Å². The first kappa shape index (κ1) is 18.4. The third-order valence-electron chi connectivity index (χ3n) is 2.82. The Labute approximate surface area is 141 Å². The molecule has 0 atom stereocenters. The van der Waals surface area contributed by atoms with E-state index in [4.69, 9.17) is 10.9 Å². The van der Waals surface area contributed by atoms with Gasteiger partial charge in [0, 0.05) is 15.0 Å². The maximum absolute atomic E-state index is 12.8. The van der Waals surface area contributed by atoms with Crippen molar-refractivity contribution in [3.8, 4) is 0 Å². The highest BCUT2D eigenvalue weighted by atomic mass is 79.9. The van der Waals surface area contributed by atoms with Crippen LogP contribution in [0.15, 0.2) is 31.1 Å². The molecular weight excluding hydrogens is 426 g/mol. The van der Waals surface area contributed by atoms with E-state index in [9.17, 15) is 8.42 Å². The van der Waals surface area contributed by atoms with Crippen molar-refractivity contribution in [2.75, 3.05) is 6.54 Å². The fraction of sp³-hybridized carbons (Fsp3) is 0.417. The van der Waals surface area contributed by atoms with E-state index in [-0.39, 0.29) is 23.3 Å². The number of hydrogen-bond acceptors (Lipinski definition) is 4. The maximum atomic E-state index is 12.8. The van der Waals surface area contributed by atoms with E-state index in [0.29, 0.717) is 8.95 Å². The van der Waals surface area contributed by atoms with Crippen molar-refractivity contribution < 1.29 is 13.6 Å². The molecule has 0 aromatic heterocycles. The minimum atomic E-state index is -3.79. The predicted molar refractivity (Wildman–Crippen MR) is 89.0 cm³/mol. The molecule has 0 unspecified atom stereocenters. The molecule has 0 fully saturated rings. The normalized spacial score (nSPS) is 13.2. The van der Waals surface area contributed by atoms with Crippen molar-refractivity contribution in [3.63, 3.8) is 0 Å². The third kappa shape index (κ3) is 4.18. The van der Waals surface area contributed by atoms with Crippen LogP contribution in [0.5, 0.6) is 0 Å². The SMILES string of the molecule is Cc1cc(Br)c(S(=O)(=O)N(C/C(N)=N/O)C(C)C)cc1Br. The van der Waals surface area contributed by atoms with Crippen LogP contribution in [0.2, 0.25) is 0 Å². The van der Waals surface area contributed by atoms with Crippen molar-refractivity contribution in [2.24, 2.45) is 10.9 Å². The van der Waals surface area contributed by atoms with Gasteiger partial charge >= 0.3 is 0 Å². The summed E-state index contributed by atoms with van der Waals surface area (Å²) in [6.07, 6.45) is 0. The summed E-state index contributed by atoms with van der Waals surface area (Å²) in [4.78, 5) is 0.124. The van der Waals surface area contributed by atoms with Gasteiger partial charge in [-0.25, -0.2) is 8.42 Å². The van der Waals surface area contributed by atoms with Crippen LogP contribution in [-0.2, 0) is 10.0 Å². The largest absolute Gasteiger partial charge is 0.409 e. The molecule has 1 aromatic carbocycles. The van der Waals surface area contributed by atoms with Crippen molar-refractivity contribution in [2.45, 2.75) is 31.7 Å². The number of rotatable bonds is 5. The second kappa shape index (κ2) is 7.08. The number of benzene rings is 1. The number of nitrogens with zero attached hydrogens (tertiary/aromatic N) is 2. The number of amidine groups is 1. The van der Waals surface area contributed by atoms with Crippen LogP contribution in [-0.4, -0.2) is 36.4 Å².